The van der Waals surface area contributed by atoms with Gasteiger partial charge < -0.3 is 19.8 Å². The molecule has 0 saturated carbocycles. The number of hydrogen-bond donors (Lipinski definition) is 2. The Morgan fingerprint density at radius 1 is 1.35 bits per heavy atom. The fourth-order valence-electron chi connectivity index (χ4n) is 2.00. The van der Waals surface area contributed by atoms with E-state index in [0.717, 1.165) is 0 Å². The molecule has 1 fully saturated rings. The Balaban J connectivity index is 1.65. The highest BCUT2D eigenvalue weighted by molar-refractivity contribution is 5.74. The number of piperazine rings is 1. The van der Waals surface area contributed by atoms with Crippen molar-refractivity contribution in [1.82, 2.24) is 25.3 Å². The van der Waals surface area contributed by atoms with Crippen molar-refractivity contribution in [2.75, 3.05) is 39.3 Å². The zero-order valence-corrected chi connectivity index (χ0v) is 11.0. The number of nitrogens with one attached hydrogen (secondary N) is 1. The number of carbonyl (C=O) groups is 2. The van der Waals surface area contributed by atoms with E-state index in [-0.39, 0.29) is 12.6 Å². The van der Waals surface area contributed by atoms with Gasteiger partial charge in [0.05, 0.1) is 6.54 Å². The molecule has 110 valence electrons. The van der Waals surface area contributed by atoms with Gasteiger partial charge in [0, 0.05) is 39.1 Å². The van der Waals surface area contributed by atoms with Crippen molar-refractivity contribution < 1.29 is 19.2 Å². The van der Waals surface area contributed by atoms with Gasteiger partial charge in [0.25, 0.3) is 0 Å². The molecule has 0 aromatic carbocycles. The van der Waals surface area contributed by atoms with Crippen molar-refractivity contribution in [1.29, 1.82) is 0 Å². The Labute approximate surface area is 115 Å². The second-order valence-corrected chi connectivity index (χ2v) is 4.49. The minimum atomic E-state index is -0.844. The summed E-state index contributed by atoms with van der Waals surface area (Å²) in [6.07, 6.45) is 1.76. The first-order valence-electron chi connectivity index (χ1n) is 6.37. The summed E-state index contributed by atoms with van der Waals surface area (Å²) >= 11 is 0. The maximum Gasteiger partial charge on any atom is 0.317 e. The Bertz CT molecular complexity index is 442. The summed E-state index contributed by atoms with van der Waals surface area (Å²) in [6, 6.07) is -0.150. The standard InChI is InChI=1S/C11H17N5O4/c17-10(18)7-15-3-5-16(6-4-15)11(19)12-2-1-9-13-8-20-14-9/h8H,1-7H2,(H,12,19)(H,17,18). The average Bonchev–Trinajstić information content (AvgIpc) is 2.92. The molecular formula is C11H17N5O4. The fourth-order valence-corrected chi connectivity index (χ4v) is 2.00. The highest BCUT2D eigenvalue weighted by Crippen LogP contribution is 2.01. The molecule has 9 nitrogen and oxygen atoms in total. The Hall–Kier alpha value is -2.16. The number of nitrogens with zero attached hydrogens (tertiary/aromatic N) is 4. The van der Waals surface area contributed by atoms with Gasteiger partial charge in [0.1, 0.15) is 0 Å². The largest absolute Gasteiger partial charge is 0.480 e. The minimum absolute atomic E-state index is 0.0211. The van der Waals surface area contributed by atoms with Crippen molar-refractivity contribution in [2.45, 2.75) is 6.42 Å². The summed E-state index contributed by atoms with van der Waals surface area (Å²) in [5.74, 6) is -0.292. The SMILES string of the molecule is O=C(O)CN1CCN(C(=O)NCCc2ncon2)CC1. The molecule has 2 rings (SSSR count). The highest BCUT2D eigenvalue weighted by Gasteiger charge is 2.21. The minimum Gasteiger partial charge on any atom is -0.480 e. The van der Waals surface area contributed by atoms with Crippen LogP contribution < -0.4 is 5.32 Å². The van der Waals surface area contributed by atoms with Crippen LogP contribution in [-0.4, -0.2) is 76.3 Å². The molecule has 2 N–H and O–H groups in total. The van der Waals surface area contributed by atoms with E-state index in [1.165, 1.54) is 6.39 Å². The summed E-state index contributed by atoms with van der Waals surface area (Å²) in [6.45, 7) is 2.67. The van der Waals surface area contributed by atoms with Gasteiger partial charge in [-0.15, -0.1) is 0 Å². The lowest BCUT2D eigenvalue weighted by Crippen LogP contribution is -2.52. The molecule has 20 heavy (non-hydrogen) atoms. The number of urea groups is 1. The number of carboxylic acids is 1. The molecule has 2 amide bonds. The van der Waals surface area contributed by atoms with E-state index in [0.29, 0.717) is 45.0 Å². The number of carbonyl (C=O) groups excluding carboxylic acids is 1. The molecule has 0 unspecified atom stereocenters. The van der Waals surface area contributed by atoms with Crippen LogP contribution in [0.1, 0.15) is 5.82 Å². The monoisotopic (exact) mass is 283 g/mol. The van der Waals surface area contributed by atoms with E-state index in [2.05, 4.69) is 20.0 Å². The smallest absolute Gasteiger partial charge is 0.317 e. The van der Waals surface area contributed by atoms with Crippen LogP contribution in [0.3, 0.4) is 0 Å². The van der Waals surface area contributed by atoms with Gasteiger partial charge in [0.15, 0.2) is 5.82 Å². The molecular weight excluding hydrogens is 266 g/mol. The van der Waals surface area contributed by atoms with Crippen LogP contribution in [0.2, 0.25) is 0 Å². The fraction of sp³-hybridized carbons (Fsp3) is 0.636. The lowest BCUT2D eigenvalue weighted by atomic mass is 10.3. The van der Waals surface area contributed by atoms with Crippen LogP contribution in [0.5, 0.6) is 0 Å². The molecule has 0 spiro atoms. The second-order valence-electron chi connectivity index (χ2n) is 4.49. The molecule has 1 aliphatic heterocycles. The third-order valence-electron chi connectivity index (χ3n) is 3.05. The van der Waals surface area contributed by atoms with Crippen molar-refractivity contribution in [3.63, 3.8) is 0 Å². The van der Waals surface area contributed by atoms with Gasteiger partial charge in [-0.2, -0.15) is 4.98 Å². The maximum atomic E-state index is 11.9. The van der Waals surface area contributed by atoms with Gasteiger partial charge in [-0.25, -0.2) is 4.79 Å². The third-order valence-corrected chi connectivity index (χ3v) is 3.05. The molecule has 1 saturated heterocycles. The van der Waals surface area contributed by atoms with Crippen LogP contribution in [0.15, 0.2) is 10.9 Å². The van der Waals surface area contributed by atoms with E-state index < -0.39 is 5.97 Å². The maximum absolute atomic E-state index is 11.9. The van der Waals surface area contributed by atoms with Crippen LogP contribution in [0.25, 0.3) is 0 Å². The highest BCUT2D eigenvalue weighted by atomic mass is 16.5. The number of amides is 2. The Morgan fingerprint density at radius 2 is 2.10 bits per heavy atom. The van der Waals surface area contributed by atoms with E-state index >= 15 is 0 Å². The average molecular weight is 283 g/mol. The predicted octanol–water partition coefficient (Wildman–Crippen LogP) is -0.976. The molecule has 0 radical (unpaired) electrons. The summed E-state index contributed by atoms with van der Waals surface area (Å²) in [5.41, 5.74) is 0. The van der Waals surface area contributed by atoms with Gasteiger partial charge in [-0.1, -0.05) is 5.16 Å². The topological polar surface area (TPSA) is 112 Å². The van der Waals surface area contributed by atoms with Crippen molar-refractivity contribution >= 4 is 12.0 Å². The third kappa shape index (κ3) is 4.19. The number of aromatic nitrogens is 2. The summed E-state index contributed by atoms with van der Waals surface area (Å²) in [4.78, 5) is 29.8. The van der Waals surface area contributed by atoms with Gasteiger partial charge in [-0.3, -0.25) is 9.69 Å². The van der Waals surface area contributed by atoms with E-state index in [9.17, 15) is 9.59 Å². The van der Waals surface area contributed by atoms with Crippen molar-refractivity contribution in [3.05, 3.63) is 12.2 Å². The van der Waals surface area contributed by atoms with Crippen LogP contribution in [0.4, 0.5) is 4.79 Å². The van der Waals surface area contributed by atoms with Gasteiger partial charge in [-0.05, 0) is 0 Å². The predicted molar refractivity (Wildman–Crippen MR) is 67.0 cm³/mol. The summed E-state index contributed by atoms with van der Waals surface area (Å²) in [5, 5.41) is 15.1. The molecule has 1 aliphatic rings. The van der Waals surface area contributed by atoms with Crippen LogP contribution >= 0.6 is 0 Å². The summed E-state index contributed by atoms with van der Waals surface area (Å²) in [7, 11) is 0. The van der Waals surface area contributed by atoms with Crippen LogP contribution in [0, 0.1) is 0 Å². The van der Waals surface area contributed by atoms with E-state index in [1.54, 1.807) is 4.90 Å². The van der Waals surface area contributed by atoms with E-state index in [1.807, 2.05) is 4.90 Å². The molecule has 0 atom stereocenters. The number of rotatable bonds is 5. The Kier molecular flexibility index (Phi) is 4.88. The first kappa shape index (κ1) is 14.3. The lowest BCUT2D eigenvalue weighted by Gasteiger charge is -2.33. The van der Waals surface area contributed by atoms with Gasteiger partial charge >= 0.3 is 12.0 Å². The molecule has 0 bridgehead atoms. The van der Waals surface area contributed by atoms with Crippen molar-refractivity contribution in [3.8, 4) is 0 Å². The first-order chi connectivity index (χ1) is 9.65. The normalized spacial score (nSPS) is 16.1. The quantitative estimate of drug-likeness (QED) is 0.714. The second kappa shape index (κ2) is 6.85. The molecule has 9 heteroatoms. The number of aliphatic carboxylic acids is 1. The zero-order chi connectivity index (χ0) is 14.4. The Morgan fingerprint density at radius 3 is 2.70 bits per heavy atom. The number of carboxylic acid groups (broad SMARTS) is 1. The molecule has 2 heterocycles. The molecule has 0 aliphatic carbocycles. The molecule has 1 aromatic rings. The molecule has 1 aromatic heterocycles. The zero-order valence-electron chi connectivity index (χ0n) is 11.0. The summed E-state index contributed by atoms with van der Waals surface area (Å²) < 4.78 is 4.59. The lowest BCUT2D eigenvalue weighted by molar-refractivity contribution is -0.138. The number of hydrogen-bond acceptors (Lipinski definition) is 6. The van der Waals surface area contributed by atoms with Gasteiger partial charge in [0.2, 0.25) is 6.39 Å². The van der Waals surface area contributed by atoms with Crippen molar-refractivity contribution in [2.24, 2.45) is 0 Å². The van der Waals surface area contributed by atoms with E-state index in [4.69, 9.17) is 5.11 Å². The van der Waals surface area contributed by atoms with Crippen LogP contribution in [-0.2, 0) is 11.2 Å². The first-order valence-corrected chi connectivity index (χ1v) is 6.37.